The van der Waals surface area contributed by atoms with Gasteiger partial charge in [0.05, 0.1) is 11.8 Å². The van der Waals surface area contributed by atoms with Gasteiger partial charge in [-0.1, -0.05) is 0 Å². The van der Waals surface area contributed by atoms with Gasteiger partial charge >= 0.3 is 6.09 Å². The predicted molar refractivity (Wildman–Crippen MR) is 127 cm³/mol. The van der Waals surface area contributed by atoms with E-state index in [-0.39, 0.29) is 29.0 Å². The highest BCUT2D eigenvalue weighted by Crippen LogP contribution is 2.41. The van der Waals surface area contributed by atoms with Gasteiger partial charge < -0.3 is 26.0 Å². The lowest BCUT2D eigenvalue weighted by molar-refractivity contribution is 0.0624. The summed E-state index contributed by atoms with van der Waals surface area (Å²) in [7, 11) is 0. The molecule has 0 unspecified atom stereocenters. The number of amides is 1. The molecule has 0 spiro atoms. The minimum absolute atomic E-state index is 0.0562. The van der Waals surface area contributed by atoms with Crippen molar-refractivity contribution >= 4 is 34.1 Å². The molecule has 10 heteroatoms. The number of hydrogen-bond donors (Lipinski definition) is 4. The van der Waals surface area contributed by atoms with Crippen LogP contribution in [0.1, 0.15) is 25.3 Å². The van der Waals surface area contributed by atoms with Crippen molar-refractivity contribution in [2.45, 2.75) is 38.8 Å². The Morgan fingerprint density at radius 3 is 2.76 bits per heavy atom. The first-order chi connectivity index (χ1) is 16.3. The van der Waals surface area contributed by atoms with Crippen LogP contribution in [0.5, 0.6) is 5.88 Å². The number of hydrogen-bond acceptors (Lipinski definition) is 7. The molecule has 1 aliphatic carbocycles. The molecule has 0 radical (unpaired) electrons. The molecular weight excluding hydrogens is 441 g/mol. The van der Waals surface area contributed by atoms with Crippen LogP contribution in [-0.2, 0) is 0 Å². The molecule has 1 saturated carbocycles. The molecule has 9 nitrogen and oxygen atoms in total. The lowest BCUT2D eigenvalue weighted by Crippen LogP contribution is -2.50. The standard InChI is InChI=1S/C24H26FN5O4/c1-11-17(9-29-23-22(11)27-3-4-34-23)16-7-14-8-19(28-10-18(14)21(26)20(16)25)30(24(32)33)15-5-13(6-15)12(2)31/h7-10,12-13,15,27,31H,3-6,26H2,1-2H3,(H,32,33)/t12-,13?,15?/m0/s1. The first-order valence-electron chi connectivity index (χ1n) is 11.2. The van der Waals surface area contributed by atoms with Crippen molar-refractivity contribution < 1.29 is 24.1 Å². The van der Waals surface area contributed by atoms with Gasteiger partial charge in [-0.2, -0.15) is 0 Å². The molecule has 2 aromatic heterocycles. The summed E-state index contributed by atoms with van der Waals surface area (Å²) in [5.41, 5.74) is 8.41. The summed E-state index contributed by atoms with van der Waals surface area (Å²) in [5, 5.41) is 23.8. The molecule has 1 amide bonds. The molecule has 3 aromatic rings. The van der Waals surface area contributed by atoms with Crippen LogP contribution in [0.3, 0.4) is 0 Å². The molecular formula is C24H26FN5O4. The first kappa shape index (κ1) is 22.1. The molecule has 178 valence electrons. The Labute approximate surface area is 195 Å². The summed E-state index contributed by atoms with van der Waals surface area (Å²) in [6, 6.07) is 2.98. The van der Waals surface area contributed by atoms with Crippen LogP contribution < -0.4 is 20.7 Å². The van der Waals surface area contributed by atoms with Gasteiger partial charge in [0.15, 0.2) is 5.82 Å². The number of halogens is 1. The molecule has 34 heavy (non-hydrogen) atoms. The third kappa shape index (κ3) is 3.54. The third-order valence-electron chi connectivity index (χ3n) is 6.87. The summed E-state index contributed by atoms with van der Waals surface area (Å²) >= 11 is 0. The lowest BCUT2D eigenvalue weighted by Gasteiger charge is -2.42. The number of carboxylic acid groups (broad SMARTS) is 1. The fourth-order valence-electron chi connectivity index (χ4n) is 4.78. The number of aromatic nitrogens is 2. The zero-order valence-corrected chi connectivity index (χ0v) is 18.9. The Kier molecular flexibility index (Phi) is 5.40. The molecule has 1 atom stereocenters. The number of pyridine rings is 2. The smallest absolute Gasteiger partial charge is 0.413 e. The summed E-state index contributed by atoms with van der Waals surface area (Å²) in [4.78, 5) is 21.9. The van der Waals surface area contributed by atoms with Crippen LogP contribution in [0.2, 0.25) is 0 Å². The summed E-state index contributed by atoms with van der Waals surface area (Å²) in [5.74, 6) is 0.181. The summed E-state index contributed by atoms with van der Waals surface area (Å²) in [6.07, 6.45) is 2.44. The first-order valence-corrected chi connectivity index (χ1v) is 11.2. The van der Waals surface area contributed by atoms with Gasteiger partial charge in [0.2, 0.25) is 5.88 Å². The van der Waals surface area contributed by atoms with E-state index in [0.717, 1.165) is 5.56 Å². The number of fused-ring (bicyclic) bond motifs is 2. The van der Waals surface area contributed by atoms with Gasteiger partial charge in [-0.25, -0.2) is 19.2 Å². The van der Waals surface area contributed by atoms with Gasteiger partial charge in [-0.3, -0.25) is 4.90 Å². The number of benzene rings is 1. The van der Waals surface area contributed by atoms with Crippen LogP contribution in [-0.4, -0.2) is 51.6 Å². The van der Waals surface area contributed by atoms with E-state index in [1.54, 1.807) is 25.3 Å². The van der Waals surface area contributed by atoms with E-state index in [1.807, 2.05) is 6.92 Å². The normalized spacial score (nSPS) is 20.0. The third-order valence-corrected chi connectivity index (χ3v) is 6.87. The maximum absolute atomic E-state index is 15.4. The highest BCUT2D eigenvalue weighted by molar-refractivity contribution is 5.99. The number of anilines is 3. The maximum atomic E-state index is 15.4. The number of nitrogen functional groups attached to an aromatic ring is 1. The minimum atomic E-state index is -1.13. The number of carbonyl (C=O) groups is 1. The van der Waals surface area contributed by atoms with Crippen molar-refractivity contribution in [3.05, 3.63) is 35.9 Å². The molecule has 5 rings (SSSR count). The number of nitrogens with two attached hydrogens (primary N) is 1. The van der Waals surface area contributed by atoms with E-state index < -0.39 is 18.0 Å². The Hall–Kier alpha value is -3.66. The van der Waals surface area contributed by atoms with Crippen molar-refractivity contribution in [1.29, 1.82) is 0 Å². The number of aliphatic hydroxyl groups excluding tert-OH is 1. The van der Waals surface area contributed by atoms with E-state index in [0.29, 0.717) is 53.9 Å². The fraction of sp³-hybridized carbons (Fsp3) is 0.375. The second-order valence-electron chi connectivity index (χ2n) is 8.95. The topological polar surface area (TPSA) is 134 Å². The fourth-order valence-corrected chi connectivity index (χ4v) is 4.78. The molecule has 2 aliphatic rings. The zero-order valence-electron chi connectivity index (χ0n) is 18.9. The summed E-state index contributed by atoms with van der Waals surface area (Å²) in [6.45, 7) is 4.69. The molecule has 1 fully saturated rings. The Balaban J connectivity index is 1.58. The van der Waals surface area contributed by atoms with Crippen LogP contribution in [0.15, 0.2) is 24.5 Å². The van der Waals surface area contributed by atoms with Crippen molar-refractivity contribution in [3.8, 4) is 17.0 Å². The Morgan fingerprint density at radius 2 is 2.06 bits per heavy atom. The van der Waals surface area contributed by atoms with E-state index in [9.17, 15) is 15.0 Å². The average Bonchev–Trinajstić information content (AvgIpc) is 2.78. The van der Waals surface area contributed by atoms with E-state index in [1.165, 1.54) is 11.1 Å². The SMILES string of the molecule is Cc1c(-c2cc3cc(N(C(=O)O)C4CC([C@H](C)O)C4)ncc3c(N)c2F)cnc2c1NCCO2. The van der Waals surface area contributed by atoms with Crippen molar-refractivity contribution in [2.75, 3.05) is 29.1 Å². The van der Waals surface area contributed by atoms with Gasteiger partial charge in [0.1, 0.15) is 18.1 Å². The number of nitrogens with one attached hydrogen (secondary N) is 1. The zero-order chi connectivity index (χ0) is 24.1. The van der Waals surface area contributed by atoms with Crippen LogP contribution in [0.4, 0.5) is 26.4 Å². The number of nitrogens with zero attached hydrogens (tertiary/aromatic N) is 3. The number of rotatable bonds is 4. The Bertz CT molecular complexity index is 1290. The Morgan fingerprint density at radius 1 is 1.29 bits per heavy atom. The van der Waals surface area contributed by atoms with Crippen LogP contribution in [0.25, 0.3) is 21.9 Å². The van der Waals surface area contributed by atoms with Crippen molar-refractivity contribution in [1.82, 2.24) is 9.97 Å². The molecule has 5 N–H and O–H groups in total. The van der Waals surface area contributed by atoms with Crippen LogP contribution in [0, 0.1) is 18.7 Å². The van der Waals surface area contributed by atoms with Crippen LogP contribution >= 0.6 is 0 Å². The second-order valence-corrected chi connectivity index (χ2v) is 8.95. The molecule has 1 aliphatic heterocycles. The lowest BCUT2D eigenvalue weighted by atomic mass is 9.76. The monoisotopic (exact) mass is 467 g/mol. The summed E-state index contributed by atoms with van der Waals surface area (Å²) < 4.78 is 20.9. The predicted octanol–water partition coefficient (Wildman–Crippen LogP) is 3.77. The van der Waals surface area contributed by atoms with Gasteiger partial charge in [0.25, 0.3) is 0 Å². The van der Waals surface area contributed by atoms with Crippen molar-refractivity contribution in [3.63, 3.8) is 0 Å². The quantitative estimate of drug-likeness (QED) is 0.426. The number of aliphatic hydroxyl groups is 1. The van der Waals surface area contributed by atoms with E-state index in [2.05, 4.69) is 15.3 Å². The van der Waals surface area contributed by atoms with Gasteiger partial charge in [-0.15, -0.1) is 0 Å². The molecule has 1 aromatic carbocycles. The second kappa shape index (κ2) is 8.28. The highest BCUT2D eigenvalue weighted by atomic mass is 19.1. The van der Waals surface area contributed by atoms with Crippen molar-refractivity contribution in [2.24, 2.45) is 5.92 Å². The largest absolute Gasteiger partial charge is 0.474 e. The minimum Gasteiger partial charge on any atom is -0.474 e. The molecule has 3 heterocycles. The van der Waals surface area contributed by atoms with E-state index in [4.69, 9.17) is 10.5 Å². The molecule has 0 bridgehead atoms. The highest BCUT2D eigenvalue weighted by Gasteiger charge is 2.39. The number of ether oxygens (including phenoxy) is 1. The van der Waals surface area contributed by atoms with E-state index >= 15 is 4.39 Å². The maximum Gasteiger partial charge on any atom is 0.413 e. The average molecular weight is 468 g/mol. The molecule has 0 saturated heterocycles. The van der Waals surface area contributed by atoms with Gasteiger partial charge in [-0.05, 0) is 55.7 Å². The van der Waals surface area contributed by atoms with Gasteiger partial charge in [0, 0.05) is 41.5 Å².